The molecule has 0 aliphatic heterocycles. The van der Waals surface area contributed by atoms with Crippen molar-refractivity contribution in [3.63, 3.8) is 0 Å². The first-order valence-electron chi connectivity index (χ1n) is 4.68. The van der Waals surface area contributed by atoms with Gasteiger partial charge in [0.05, 0.1) is 17.1 Å². The Bertz CT molecular complexity index is 331. The molecule has 0 unspecified atom stereocenters. The second kappa shape index (κ2) is 4.55. The Morgan fingerprint density at radius 3 is 2.64 bits per heavy atom. The highest BCUT2D eigenvalue weighted by atomic mass is 32.1. The minimum Gasteiger partial charge on any atom is -0.481 e. The monoisotopic (exact) mass is 213 g/mol. The molecule has 0 bridgehead atoms. The molecule has 1 N–H and O–H groups in total. The van der Waals surface area contributed by atoms with Crippen LogP contribution in [0.4, 0.5) is 0 Å². The first-order chi connectivity index (χ1) is 6.50. The van der Waals surface area contributed by atoms with E-state index in [0.717, 1.165) is 10.7 Å². The van der Waals surface area contributed by atoms with Gasteiger partial charge in [0.25, 0.3) is 0 Å². The Labute approximate surface area is 87.8 Å². The topological polar surface area (TPSA) is 50.2 Å². The minimum absolute atomic E-state index is 0.171. The number of nitrogens with zero attached hydrogens (tertiary/aromatic N) is 1. The predicted molar refractivity (Wildman–Crippen MR) is 56.9 cm³/mol. The lowest BCUT2D eigenvalue weighted by atomic mass is 10.1. The van der Waals surface area contributed by atoms with Crippen LogP contribution in [0.3, 0.4) is 0 Å². The second-order valence-corrected chi connectivity index (χ2v) is 4.89. The van der Waals surface area contributed by atoms with Crippen LogP contribution in [0.25, 0.3) is 0 Å². The van der Waals surface area contributed by atoms with E-state index in [0.29, 0.717) is 12.3 Å². The third-order valence-electron chi connectivity index (χ3n) is 1.98. The second-order valence-electron chi connectivity index (χ2n) is 3.60. The molecule has 3 nitrogen and oxygen atoms in total. The summed E-state index contributed by atoms with van der Waals surface area (Å²) in [6, 6.07) is 0. The van der Waals surface area contributed by atoms with E-state index in [2.05, 4.69) is 18.8 Å². The quantitative estimate of drug-likeness (QED) is 0.836. The molecule has 4 heteroatoms. The van der Waals surface area contributed by atoms with E-state index in [1.54, 1.807) is 11.3 Å². The Hall–Kier alpha value is -0.900. The third-order valence-corrected chi connectivity index (χ3v) is 3.02. The Morgan fingerprint density at radius 1 is 1.57 bits per heavy atom. The van der Waals surface area contributed by atoms with Crippen molar-refractivity contribution in [2.45, 2.75) is 39.5 Å². The fourth-order valence-electron chi connectivity index (χ4n) is 1.32. The SMILES string of the molecule is Cc1sc(CCC(=O)O)nc1C(C)C. The third kappa shape index (κ3) is 2.80. The van der Waals surface area contributed by atoms with Gasteiger partial charge in [-0.3, -0.25) is 4.79 Å². The maximum atomic E-state index is 10.4. The van der Waals surface area contributed by atoms with Gasteiger partial charge in [-0.05, 0) is 12.8 Å². The van der Waals surface area contributed by atoms with E-state index in [4.69, 9.17) is 5.11 Å². The summed E-state index contributed by atoms with van der Waals surface area (Å²) in [5.74, 6) is -0.339. The maximum Gasteiger partial charge on any atom is 0.303 e. The molecule has 0 saturated heterocycles. The largest absolute Gasteiger partial charge is 0.481 e. The highest BCUT2D eigenvalue weighted by Gasteiger charge is 2.11. The summed E-state index contributed by atoms with van der Waals surface area (Å²) < 4.78 is 0. The molecule has 0 atom stereocenters. The number of hydrogen-bond donors (Lipinski definition) is 1. The van der Waals surface area contributed by atoms with Gasteiger partial charge in [0.2, 0.25) is 0 Å². The number of rotatable bonds is 4. The molecule has 0 aliphatic carbocycles. The van der Waals surface area contributed by atoms with Crippen molar-refractivity contribution in [3.05, 3.63) is 15.6 Å². The van der Waals surface area contributed by atoms with Gasteiger partial charge in [0.1, 0.15) is 0 Å². The number of aryl methyl sites for hydroxylation is 2. The van der Waals surface area contributed by atoms with Gasteiger partial charge < -0.3 is 5.11 Å². The standard InChI is InChI=1S/C10H15NO2S/c1-6(2)10-7(3)14-8(11-10)4-5-9(12)13/h6H,4-5H2,1-3H3,(H,12,13). The van der Waals surface area contributed by atoms with Gasteiger partial charge in [0, 0.05) is 11.3 Å². The first kappa shape index (κ1) is 11.2. The zero-order chi connectivity index (χ0) is 10.7. The van der Waals surface area contributed by atoms with Gasteiger partial charge in [-0.1, -0.05) is 13.8 Å². The molecule has 0 amide bonds. The van der Waals surface area contributed by atoms with Gasteiger partial charge in [-0.15, -0.1) is 11.3 Å². The maximum absolute atomic E-state index is 10.4. The normalized spacial score (nSPS) is 10.9. The molecule has 1 rings (SSSR count). The van der Waals surface area contributed by atoms with Crippen LogP contribution in [0.2, 0.25) is 0 Å². The average Bonchev–Trinajstić information content (AvgIpc) is 2.43. The van der Waals surface area contributed by atoms with E-state index in [1.165, 1.54) is 4.88 Å². The highest BCUT2D eigenvalue weighted by molar-refractivity contribution is 7.11. The summed E-state index contributed by atoms with van der Waals surface area (Å²) in [7, 11) is 0. The molecule has 0 spiro atoms. The number of carboxylic acid groups (broad SMARTS) is 1. The van der Waals surface area contributed by atoms with Crippen LogP contribution in [0, 0.1) is 6.92 Å². The molecule has 1 heterocycles. The van der Waals surface area contributed by atoms with Crippen LogP contribution >= 0.6 is 11.3 Å². The molecule has 0 saturated carbocycles. The van der Waals surface area contributed by atoms with Crippen molar-refractivity contribution in [1.82, 2.24) is 4.98 Å². The molecular formula is C10H15NO2S. The molecular weight excluding hydrogens is 198 g/mol. The number of aliphatic carboxylic acids is 1. The molecule has 0 radical (unpaired) electrons. The van der Waals surface area contributed by atoms with Crippen molar-refractivity contribution in [1.29, 1.82) is 0 Å². The number of carboxylic acids is 1. The minimum atomic E-state index is -0.760. The van der Waals surface area contributed by atoms with Gasteiger partial charge in [-0.25, -0.2) is 4.98 Å². The summed E-state index contributed by atoms with van der Waals surface area (Å²) >= 11 is 1.61. The summed E-state index contributed by atoms with van der Waals surface area (Å²) in [4.78, 5) is 16.0. The van der Waals surface area contributed by atoms with Crippen LogP contribution in [-0.4, -0.2) is 16.1 Å². The molecule has 0 aromatic carbocycles. The highest BCUT2D eigenvalue weighted by Crippen LogP contribution is 2.24. The summed E-state index contributed by atoms with van der Waals surface area (Å²) in [6.07, 6.45) is 0.720. The van der Waals surface area contributed by atoms with Crippen molar-refractivity contribution in [2.24, 2.45) is 0 Å². The fraction of sp³-hybridized carbons (Fsp3) is 0.600. The molecule has 0 fully saturated rings. The van der Waals surface area contributed by atoms with E-state index in [-0.39, 0.29) is 6.42 Å². The number of aromatic nitrogens is 1. The Kier molecular flexibility index (Phi) is 3.63. The first-order valence-corrected chi connectivity index (χ1v) is 5.50. The van der Waals surface area contributed by atoms with E-state index >= 15 is 0 Å². The summed E-state index contributed by atoms with van der Waals surface area (Å²) in [6.45, 7) is 6.24. The van der Waals surface area contributed by atoms with E-state index in [9.17, 15) is 4.79 Å². The lowest BCUT2D eigenvalue weighted by Crippen LogP contribution is -1.97. The number of carbonyl (C=O) groups is 1. The van der Waals surface area contributed by atoms with Crippen molar-refractivity contribution < 1.29 is 9.90 Å². The molecule has 78 valence electrons. The zero-order valence-corrected chi connectivity index (χ0v) is 9.52. The van der Waals surface area contributed by atoms with Crippen LogP contribution in [-0.2, 0) is 11.2 Å². The Morgan fingerprint density at radius 2 is 2.21 bits per heavy atom. The van der Waals surface area contributed by atoms with Crippen LogP contribution in [0.1, 0.15) is 41.8 Å². The molecule has 1 aromatic heterocycles. The van der Waals surface area contributed by atoms with Crippen LogP contribution < -0.4 is 0 Å². The average molecular weight is 213 g/mol. The number of thiazole rings is 1. The van der Waals surface area contributed by atoms with Crippen molar-refractivity contribution >= 4 is 17.3 Å². The van der Waals surface area contributed by atoms with Crippen LogP contribution in [0.15, 0.2) is 0 Å². The van der Waals surface area contributed by atoms with Crippen molar-refractivity contribution in [3.8, 4) is 0 Å². The van der Waals surface area contributed by atoms with Crippen LogP contribution in [0.5, 0.6) is 0 Å². The zero-order valence-electron chi connectivity index (χ0n) is 8.70. The Balaban J connectivity index is 2.71. The smallest absolute Gasteiger partial charge is 0.303 e. The number of hydrogen-bond acceptors (Lipinski definition) is 3. The lowest BCUT2D eigenvalue weighted by molar-refractivity contribution is -0.136. The fourth-order valence-corrected chi connectivity index (χ4v) is 2.41. The molecule has 0 aliphatic rings. The van der Waals surface area contributed by atoms with Gasteiger partial charge in [0.15, 0.2) is 0 Å². The van der Waals surface area contributed by atoms with Gasteiger partial charge >= 0.3 is 5.97 Å². The molecule has 14 heavy (non-hydrogen) atoms. The van der Waals surface area contributed by atoms with Gasteiger partial charge in [-0.2, -0.15) is 0 Å². The lowest BCUT2D eigenvalue weighted by Gasteiger charge is -1.99. The van der Waals surface area contributed by atoms with E-state index < -0.39 is 5.97 Å². The summed E-state index contributed by atoms with van der Waals surface area (Å²) in [5, 5.41) is 9.48. The molecule has 1 aromatic rings. The van der Waals surface area contributed by atoms with E-state index in [1.807, 2.05) is 6.92 Å². The summed E-state index contributed by atoms with van der Waals surface area (Å²) in [5.41, 5.74) is 1.11. The predicted octanol–water partition coefficient (Wildman–Crippen LogP) is 2.59. The van der Waals surface area contributed by atoms with Crippen molar-refractivity contribution in [2.75, 3.05) is 0 Å².